The van der Waals surface area contributed by atoms with Crippen molar-refractivity contribution in [3.05, 3.63) is 59.2 Å². The number of hydrogen-bond acceptors (Lipinski definition) is 2. The van der Waals surface area contributed by atoms with Crippen molar-refractivity contribution >= 4 is 5.69 Å². The summed E-state index contributed by atoms with van der Waals surface area (Å²) in [5.41, 5.74) is 3.55. The van der Waals surface area contributed by atoms with Crippen LogP contribution in [-0.4, -0.2) is 6.36 Å². The van der Waals surface area contributed by atoms with Gasteiger partial charge in [0.05, 0.1) is 0 Å². The molecular weight excluding hydrogens is 279 g/mol. The van der Waals surface area contributed by atoms with E-state index in [1.807, 2.05) is 32.0 Å². The Morgan fingerprint density at radius 3 is 2.43 bits per heavy atom. The van der Waals surface area contributed by atoms with Crippen LogP contribution in [0.5, 0.6) is 5.75 Å². The summed E-state index contributed by atoms with van der Waals surface area (Å²) in [4.78, 5) is 0. The Morgan fingerprint density at radius 1 is 1.00 bits per heavy atom. The molecule has 0 aromatic heterocycles. The minimum Gasteiger partial charge on any atom is -0.405 e. The minimum absolute atomic E-state index is 0.178. The molecule has 5 heteroatoms. The molecule has 0 atom stereocenters. The molecule has 2 aromatic rings. The summed E-state index contributed by atoms with van der Waals surface area (Å²) < 4.78 is 41.1. The van der Waals surface area contributed by atoms with Crippen LogP contribution in [0.2, 0.25) is 0 Å². The number of nitrogens with one attached hydrogen (secondary N) is 1. The molecule has 0 unspecified atom stereocenters. The molecular formula is C16H16F3NO. The van der Waals surface area contributed by atoms with E-state index in [0.29, 0.717) is 5.56 Å². The number of ether oxygens (including phenoxy) is 1. The fraction of sp³-hybridized carbons (Fsp3) is 0.250. The maximum Gasteiger partial charge on any atom is 0.573 e. The Labute approximate surface area is 121 Å². The van der Waals surface area contributed by atoms with Gasteiger partial charge in [-0.1, -0.05) is 30.3 Å². The lowest BCUT2D eigenvalue weighted by Crippen LogP contribution is -2.18. The quantitative estimate of drug-likeness (QED) is 0.873. The Kier molecular flexibility index (Phi) is 4.40. The number of alkyl halides is 3. The molecule has 2 rings (SSSR count). The third-order valence-electron chi connectivity index (χ3n) is 3.27. The molecule has 0 saturated heterocycles. The highest BCUT2D eigenvalue weighted by Gasteiger charge is 2.31. The number of hydrogen-bond donors (Lipinski definition) is 1. The van der Waals surface area contributed by atoms with Gasteiger partial charge in [-0.2, -0.15) is 0 Å². The molecule has 1 N–H and O–H groups in total. The van der Waals surface area contributed by atoms with Crippen molar-refractivity contribution in [1.82, 2.24) is 0 Å². The minimum atomic E-state index is -4.69. The Hall–Kier alpha value is -2.17. The van der Waals surface area contributed by atoms with Crippen molar-refractivity contribution < 1.29 is 17.9 Å². The fourth-order valence-electron chi connectivity index (χ4n) is 2.01. The van der Waals surface area contributed by atoms with Crippen LogP contribution in [0.25, 0.3) is 0 Å². The summed E-state index contributed by atoms with van der Waals surface area (Å²) in [6, 6.07) is 11.9. The first-order valence-corrected chi connectivity index (χ1v) is 6.50. The number of rotatable bonds is 4. The van der Waals surface area contributed by atoms with Crippen molar-refractivity contribution in [2.45, 2.75) is 26.8 Å². The highest BCUT2D eigenvalue weighted by atomic mass is 19.4. The van der Waals surface area contributed by atoms with Crippen molar-refractivity contribution in [1.29, 1.82) is 0 Å². The number of para-hydroxylation sites is 1. The number of aryl methyl sites for hydroxylation is 1. The lowest BCUT2D eigenvalue weighted by molar-refractivity contribution is -0.274. The highest BCUT2D eigenvalue weighted by Crippen LogP contribution is 2.27. The first-order valence-electron chi connectivity index (χ1n) is 6.50. The zero-order valence-corrected chi connectivity index (χ0v) is 11.8. The number of halogens is 3. The van der Waals surface area contributed by atoms with E-state index < -0.39 is 6.36 Å². The molecule has 0 saturated carbocycles. The van der Waals surface area contributed by atoms with E-state index in [1.54, 1.807) is 12.1 Å². The van der Waals surface area contributed by atoms with Gasteiger partial charge in [-0.05, 0) is 37.1 Å². The van der Waals surface area contributed by atoms with E-state index in [4.69, 9.17) is 0 Å². The summed E-state index contributed by atoms with van der Waals surface area (Å²) >= 11 is 0. The second-order valence-corrected chi connectivity index (χ2v) is 4.76. The molecule has 0 amide bonds. The van der Waals surface area contributed by atoms with Crippen LogP contribution < -0.4 is 10.1 Å². The maximum absolute atomic E-state index is 12.4. The van der Waals surface area contributed by atoms with Gasteiger partial charge in [0.2, 0.25) is 0 Å². The SMILES string of the molecule is Cc1cccc(NCc2ccccc2OC(F)(F)F)c1C. The molecule has 2 nitrogen and oxygen atoms in total. The largest absolute Gasteiger partial charge is 0.573 e. The first kappa shape index (κ1) is 15.2. The van der Waals surface area contributed by atoms with Gasteiger partial charge < -0.3 is 10.1 Å². The van der Waals surface area contributed by atoms with Gasteiger partial charge in [0.1, 0.15) is 5.75 Å². The summed E-state index contributed by atoms with van der Waals surface area (Å²) in [5, 5.41) is 3.15. The van der Waals surface area contributed by atoms with Gasteiger partial charge in [0.15, 0.2) is 0 Å². The highest BCUT2D eigenvalue weighted by molar-refractivity contribution is 5.54. The zero-order chi connectivity index (χ0) is 15.5. The predicted molar refractivity (Wildman–Crippen MR) is 76.4 cm³/mol. The van der Waals surface area contributed by atoms with E-state index in [1.165, 1.54) is 12.1 Å². The maximum atomic E-state index is 12.4. The third kappa shape index (κ3) is 4.15. The van der Waals surface area contributed by atoms with E-state index in [2.05, 4.69) is 10.1 Å². The predicted octanol–water partition coefficient (Wildman–Crippen LogP) is 4.81. The second kappa shape index (κ2) is 6.08. The van der Waals surface area contributed by atoms with Gasteiger partial charge in [-0.3, -0.25) is 0 Å². The molecule has 0 bridgehead atoms. The monoisotopic (exact) mass is 295 g/mol. The number of anilines is 1. The van der Waals surface area contributed by atoms with E-state index in [-0.39, 0.29) is 12.3 Å². The van der Waals surface area contributed by atoms with Crippen LogP contribution in [-0.2, 0) is 6.54 Å². The van der Waals surface area contributed by atoms with Crippen LogP contribution in [0.15, 0.2) is 42.5 Å². The molecule has 0 aliphatic heterocycles. The van der Waals surface area contributed by atoms with Gasteiger partial charge in [0.25, 0.3) is 0 Å². The molecule has 0 aliphatic rings. The van der Waals surface area contributed by atoms with Gasteiger partial charge in [0, 0.05) is 17.8 Å². The second-order valence-electron chi connectivity index (χ2n) is 4.76. The first-order chi connectivity index (χ1) is 9.87. The van der Waals surface area contributed by atoms with E-state index in [0.717, 1.165) is 16.8 Å². The molecule has 21 heavy (non-hydrogen) atoms. The zero-order valence-electron chi connectivity index (χ0n) is 11.8. The summed E-state index contributed by atoms with van der Waals surface area (Å²) in [5.74, 6) is -0.178. The molecule has 0 heterocycles. The Bertz CT molecular complexity index is 623. The van der Waals surface area contributed by atoms with Crippen molar-refractivity contribution in [2.24, 2.45) is 0 Å². The van der Waals surface area contributed by atoms with Crippen LogP contribution >= 0.6 is 0 Å². The summed E-state index contributed by atoms with van der Waals surface area (Å²) in [6.45, 7) is 4.22. The van der Waals surface area contributed by atoms with Crippen LogP contribution in [0.3, 0.4) is 0 Å². The van der Waals surface area contributed by atoms with Crippen molar-refractivity contribution in [3.8, 4) is 5.75 Å². The summed E-state index contributed by atoms with van der Waals surface area (Å²) in [7, 11) is 0. The molecule has 0 radical (unpaired) electrons. The van der Waals surface area contributed by atoms with Crippen LogP contribution in [0, 0.1) is 13.8 Å². The lowest BCUT2D eigenvalue weighted by Gasteiger charge is -2.15. The molecule has 112 valence electrons. The average molecular weight is 295 g/mol. The Balaban J connectivity index is 2.15. The van der Waals surface area contributed by atoms with Gasteiger partial charge in [-0.25, -0.2) is 0 Å². The van der Waals surface area contributed by atoms with Crippen molar-refractivity contribution in [2.75, 3.05) is 5.32 Å². The van der Waals surface area contributed by atoms with E-state index in [9.17, 15) is 13.2 Å². The van der Waals surface area contributed by atoms with Crippen molar-refractivity contribution in [3.63, 3.8) is 0 Å². The van der Waals surface area contributed by atoms with Crippen LogP contribution in [0.1, 0.15) is 16.7 Å². The third-order valence-corrected chi connectivity index (χ3v) is 3.27. The Morgan fingerprint density at radius 2 is 1.71 bits per heavy atom. The molecule has 0 spiro atoms. The van der Waals surface area contributed by atoms with Gasteiger partial charge >= 0.3 is 6.36 Å². The normalized spacial score (nSPS) is 11.3. The standard InChI is InChI=1S/C16H16F3NO/c1-11-6-5-8-14(12(11)2)20-10-13-7-3-4-9-15(13)21-16(17,18)19/h3-9,20H,10H2,1-2H3. The molecule has 2 aromatic carbocycles. The fourth-order valence-corrected chi connectivity index (χ4v) is 2.01. The van der Waals surface area contributed by atoms with Gasteiger partial charge in [-0.15, -0.1) is 13.2 Å². The number of benzene rings is 2. The average Bonchev–Trinajstić information content (AvgIpc) is 2.40. The molecule has 0 fully saturated rings. The topological polar surface area (TPSA) is 21.3 Å². The molecule has 0 aliphatic carbocycles. The smallest absolute Gasteiger partial charge is 0.405 e. The lowest BCUT2D eigenvalue weighted by atomic mass is 10.1. The summed E-state index contributed by atoms with van der Waals surface area (Å²) in [6.07, 6.45) is -4.69. The van der Waals surface area contributed by atoms with Crippen LogP contribution in [0.4, 0.5) is 18.9 Å². The van der Waals surface area contributed by atoms with E-state index >= 15 is 0 Å².